The maximum Gasteiger partial charge on any atom is 0.257 e. The van der Waals surface area contributed by atoms with Crippen LogP contribution in [0.2, 0.25) is 0 Å². The first kappa shape index (κ1) is 15.8. The Hall–Kier alpha value is -3.67. The zero-order valence-corrected chi connectivity index (χ0v) is 13.9. The van der Waals surface area contributed by atoms with E-state index in [0.717, 1.165) is 27.8 Å². The summed E-state index contributed by atoms with van der Waals surface area (Å²) in [6.45, 7) is 0.618. The lowest BCUT2D eigenvalue weighted by molar-refractivity contribution is 0.102. The Bertz CT molecular complexity index is 1040. The van der Waals surface area contributed by atoms with Crippen molar-refractivity contribution in [2.45, 2.75) is 6.54 Å². The van der Waals surface area contributed by atoms with Gasteiger partial charge >= 0.3 is 0 Å². The van der Waals surface area contributed by atoms with E-state index in [1.807, 2.05) is 48.5 Å². The lowest BCUT2D eigenvalue weighted by Gasteiger charge is -2.12. The highest BCUT2D eigenvalue weighted by molar-refractivity contribution is 6.08. The van der Waals surface area contributed by atoms with Gasteiger partial charge in [-0.05, 0) is 48.0 Å². The van der Waals surface area contributed by atoms with Crippen LogP contribution in [0.25, 0.3) is 10.9 Å². The number of carbonyl (C=O) groups excluding carboxylic acids is 1. The van der Waals surface area contributed by atoms with E-state index in [1.54, 1.807) is 24.7 Å². The molecule has 0 saturated heterocycles. The van der Waals surface area contributed by atoms with Crippen LogP contribution < -0.4 is 10.6 Å². The molecular weight excluding hydrogens is 326 g/mol. The van der Waals surface area contributed by atoms with Gasteiger partial charge < -0.3 is 10.6 Å². The van der Waals surface area contributed by atoms with E-state index in [-0.39, 0.29) is 5.91 Å². The van der Waals surface area contributed by atoms with Gasteiger partial charge in [-0.1, -0.05) is 12.1 Å². The summed E-state index contributed by atoms with van der Waals surface area (Å²) in [5, 5.41) is 14.2. The van der Waals surface area contributed by atoms with Crippen molar-refractivity contribution in [1.82, 2.24) is 15.2 Å². The van der Waals surface area contributed by atoms with Crippen LogP contribution in [0.15, 0.2) is 73.2 Å². The van der Waals surface area contributed by atoms with Gasteiger partial charge in [0.2, 0.25) is 0 Å². The van der Waals surface area contributed by atoms with Crippen LogP contribution >= 0.6 is 0 Å². The second-order valence-electron chi connectivity index (χ2n) is 5.88. The number of nitrogens with one attached hydrogen (secondary N) is 3. The molecular formula is C20H17N5O. The second-order valence-corrected chi connectivity index (χ2v) is 5.88. The second kappa shape index (κ2) is 7.06. The minimum Gasteiger partial charge on any atom is -0.380 e. The quantitative estimate of drug-likeness (QED) is 0.514. The Morgan fingerprint density at radius 2 is 1.88 bits per heavy atom. The van der Waals surface area contributed by atoms with E-state index in [0.29, 0.717) is 12.1 Å². The summed E-state index contributed by atoms with van der Waals surface area (Å²) in [4.78, 5) is 16.7. The number of benzene rings is 2. The predicted molar refractivity (Wildman–Crippen MR) is 102 cm³/mol. The van der Waals surface area contributed by atoms with Crippen molar-refractivity contribution in [3.63, 3.8) is 0 Å². The molecule has 0 bridgehead atoms. The van der Waals surface area contributed by atoms with Crippen molar-refractivity contribution in [3.8, 4) is 0 Å². The summed E-state index contributed by atoms with van der Waals surface area (Å²) in [5.74, 6) is -0.165. The number of aromatic nitrogens is 3. The van der Waals surface area contributed by atoms with Crippen molar-refractivity contribution < 1.29 is 4.79 Å². The van der Waals surface area contributed by atoms with Crippen LogP contribution in [0.4, 0.5) is 11.4 Å². The van der Waals surface area contributed by atoms with Crippen LogP contribution in [0.1, 0.15) is 15.9 Å². The van der Waals surface area contributed by atoms with E-state index < -0.39 is 0 Å². The molecule has 0 unspecified atom stereocenters. The number of fused-ring (bicyclic) bond motifs is 1. The molecule has 0 aliphatic carbocycles. The Morgan fingerprint density at radius 3 is 2.77 bits per heavy atom. The predicted octanol–water partition coefficient (Wildman–Crippen LogP) is 3.82. The number of carbonyl (C=O) groups is 1. The molecule has 1 amide bonds. The summed E-state index contributed by atoms with van der Waals surface area (Å²) in [7, 11) is 0. The zero-order chi connectivity index (χ0) is 17.8. The number of hydrogen-bond donors (Lipinski definition) is 3. The van der Waals surface area contributed by atoms with E-state index in [9.17, 15) is 4.79 Å². The van der Waals surface area contributed by atoms with Gasteiger partial charge in [0.25, 0.3) is 5.91 Å². The smallest absolute Gasteiger partial charge is 0.257 e. The van der Waals surface area contributed by atoms with E-state index in [4.69, 9.17) is 0 Å². The number of pyridine rings is 1. The van der Waals surface area contributed by atoms with Crippen molar-refractivity contribution in [2.24, 2.45) is 0 Å². The van der Waals surface area contributed by atoms with E-state index in [1.165, 1.54) is 0 Å². The maximum absolute atomic E-state index is 12.7. The molecule has 6 nitrogen and oxygen atoms in total. The average Bonchev–Trinajstić information content (AvgIpc) is 3.15. The normalized spacial score (nSPS) is 10.6. The Kier molecular flexibility index (Phi) is 4.30. The highest BCUT2D eigenvalue weighted by Crippen LogP contribution is 2.20. The molecule has 0 aliphatic rings. The van der Waals surface area contributed by atoms with Crippen LogP contribution in [0.5, 0.6) is 0 Å². The molecule has 0 spiro atoms. The largest absolute Gasteiger partial charge is 0.380 e. The molecule has 0 aliphatic heterocycles. The van der Waals surface area contributed by atoms with E-state index in [2.05, 4.69) is 25.8 Å². The average molecular weight is 343 g/mol. The third kappa shape index (κ3) is 3.39. The number of para-hydroxylation sites is 1. The van der Waals surface area contributed by atoms with Crippen molar-refractivity contribution >= 4 is 28.2 Å². The molecule has 0 atom stereocenters. The van der Waals surface area contributed by atoms with Gasteiger partial charge in [-0.2, -0.15) is 5.10 Å². The van der Waals surface area contributed by atoms with Gasteiger partial charge in [-0.25, -0.2) is 0 Å². The van der Waals surface area contributed by atoms with Gasteiger partial charge in [0, 0.05) is 35.7 Å². The summed E-state index contributed by atoms with van der Waals surface area (Å²) < 4.78 is 0. The lowest BCUT2D eigenvalue weighted by atomic mass is 10.1. The highest BCUT2D eigenvalue weighted by atomic mass is 16.1. The molecule has 4 aromatic rings. The first-order valence-electron chi connectivity index (χ1n) is 8.26. The minimum absolute atomic E-state index is 0.165. The third-order valence-electron chi connectivity index (χ3n) is 4.10. The fraction of sp³-hybridized carbons (Fsp3) is 0.0500. The molecule has 0 saturated carbocycles. The van der Waals surface area contributed by atoms with Crippen LogP contribution in [-0.4, -0.2) is 21.1 Å². The Balaban J connectivity index is 1.52. The molecule has 0 radical (unpaired) electrons. The van der Waals surface area contributed by atoms with Crippen LogP contribution in [-0.2, 0) is 6.54 Å². The Labute approximate surface area is 150 Å². The summed E-state index contributed by atoms with van der Waals surface area (Å²) in [5.41, 5.74) is 4.07. The van der Waals surface area contributed by atoms with E-state index >= 15 is 0 Å². The highest BCUT2D eigenvalue weighted by Gasteiger charge is 2.11. The van der Waals surface area contributed by atoms with Gasteiger partial charge in [0.1, 0.15) is 0 Å². The fourth-order valence-electron chi connectivity index (χ4n) is 2.75. The molecule has 128 valence electrons. The summed E-state index contributed by atoms with van der Waals surface area (Å²) in [6, 6.07) is 17.0. The van der Waals surface area contributed by atoms with Gasteiger partial charge in [0.05, 0.1) is 17.3 Å². The molecule has 3 N–H and O–H groups in total. The van der Waals surface area contributed by atoms with Crippen molar-refractivity contribution in [2.75, 3.05) is 10.6 Å². The number of rotatable bonds is 5. The lowest BCUT2D eigenvalue weighted by Crippen LogP contribution is -2.14. The molecule has 4 rings (SSSR count). The SMILES string of the molecule is O=C(Nc1ccc2cn[nH]c2c1)c1ccccc1NCc1ccncc1. The Morgan fingerprint density at radius 1 is 1.04 bits per heavy atom. The number of anilines is 2. The molecule has 0 fully saturated rings. The number of aromatic amines is 1. The summed E-state index contributed by atoms with van der Waals surface area (Å²) >= 11 is 0. The minimum atomic E-state index is -0.165. The maximum atomic E-state index is 12.7. The van der Waals surface area contributed by atoms with Crippen molar-refractivity contribution in [3.05, 3.63) is 84.3 Å². The number of nitrogens with zero attached hydrogens (tertiary/aromatic N) is 2. The summed E-state index contributed by atoms with van der Waals surface area (Å²) in [6.07, 6.45) is 5.25. The zero-order valence-electron chi connectivity index (χ0n) is 13.9. The molecule has 2 heterocycles. The van der Waals surface area contributed by atoms with Crippen molar-refractivity contribution in [1.29, 1.82) is 0 Å². The van der Waals surface area contributed by atoms with Crippen LogP contribution in [0.3, 0.4) is 0 Å². The standard InChI is InChI=1S/C20H17N5O/c26-20(24-16-6-5-15-13-23-25-19(15)11-16)17-3-1-2-4-18(17)22-12-14-7-9-21-10-8-14/h1-11,13,22H,12H2,(H,23,25)(H,24,26). The molecule has 2 aromatic carbocycles. The molecule has 6 heteroatoms. The first-order valence-corrected chi connectivity index (χ1v) is 8.26. The monoisotopic (exact) mass is 343 g/mol. The topological polar surface area (TPSA) is 82.7 Å². The van der Waals surface area contributed by atoms with Crippen LogP contribution in [0, 0.1) is 0 Å². The number of hydrogen-bond acceptors (Lipinski definition) is 4. The fourth-order valence-corrected chi connectivity index (χ4v) is 2.75. The first-order chi connectivity index (χ1) is 12.8. The third-order valence-corrected chi connectivity index (χ3v) is 4.10. The van der Waals surface area contributed by atoms with Gasteiger partial charge in [0.15, 0.2) is 0 Å². The molecule has 2 aromatic heterocycles. The van der Waals surface area contributed by atoms with Gasteiger partial charge in [-0.15, -0.1) is 0 Å². The number of H-pyrrole nitrogens is 1. The van der Waals surface area contributed by atoms with Gasteiger partial charge in [-0.3, -0.25) is 14.9 Å². The number of amides is 1. The molecule has 26 heavy (non-hydrogen) atoms.